The van der Waals surface area contributed by atoms with Crippen LogP contribution in [0.1, 0.15) is 17.3 Å². The fraction of sp³-hybridized carbons (Fsp3) is 0.300. The molecule has 2 rings (SSSR count). The number of benzene rings is 2. The van der Waals surface area contributed by atoms with Crippen molar-refractivity contribution in [1.29, 1.82) is 0 Å². The van der Waals surface area contributed by atoms with Crippen LogP contribution in [0.25, 0.3) is 0 Å². The molecule has 2 aromatic rings. The van der Waals surface area contributed by atoms with Crippen molar-refractivity contribution in [2.24, 2.45) is 0 Å². The highest BCUT2D eigenvalue weighted by atomic mass is 35.5. The number of hydrogen-bond acceptors (Lipinski definition) is 7. The van der Waals surface area contributed by atoms with E-state index in [1.54, 1.807) is 13.0 Å². The van der Waals surface area contributed by atoms with E-state index in [1.807, 2.05) is 0 Å². The summed E-state index contributed by atoms with van der Waals surface area (Å²) >= 11 is 6.10. The van der Waals surface area contributed by atoms with Crippen molar-refractivity contribution in [3.05, 3.63) is 47.0 Å². The van der Waals surface area contributed by atoms with E-state index in [2.05, 4.69) is 5.32 Å². The number of nitrogens with zero attached hydrogens (tertiary/aromatic N) is 1. The Kier molecular flexibility index (Phi) is 8.12. The summed E-state index contributed by atoms with van der Waals surface area (Å²) in [6.07, 6.45) is 0.976. The minimum absolute atomic E-state index is 0.0886. The van der Waals surface area contributed by atoms with E-state index in [1.165, 1.54) is 44.6 Å². The number of carbonyl (C=O) groups is 2. The van der Waals surface area contributed by atoms with E-state index in [-0.39, 0.29) is 34.3 Å². The number of carbonyl (C=O) groups excluding carboxylic acids is 2. The first kappa shape index (κ1) is 24.3. The van der Waals surface area contributed by atoms with Crippen molar-refractivity contribution >= 4 is 44.9 Å². The number of hydrogen-bond donors (Lipinski definition) is 1. The van der Waals surface area contributed by atoms with E-state index >= 15 is 0 Å². The number of halogens is 1. The summed E-state index contributed by atoms with van der Waals surface area (Å²) in [6, 6.07) is 8.86. The molecule has 0 heterocycles. The second-order valence-corrected chi connectivity index (χ2v) is 8.58. The second kappa shape index (κ2) is 10.4. The van der Waals surface area contributed by atoms with Gasteiger partial charge in [0.15, 0.2) is 0 Å². The van der Waals surface area contributed by atoms with Gasteiger partial charge in [-0.1, -0.05) is 11.6 Å². The molecule has 0 radical (unpaired) electrons. The maximum atomic E-state index is 12.6. The monoisotopic (exact) mass is 470 g/mol. The molecule has 0 saturated carbocycles. The molecule has 1 N–H and O–H groups in total. The van der Waals surface area contributed by atoms with Crippen LogP contribution in [-0.4, -0.2) is 53.9 Å². The van der Waals surface area contributed by atoms with Gasteiger partial charge < -0.3 is 19.5 Å². The third-order valence-corrected chi connectivity index (χ3v) is 5.53. The van der Waals surface area contributed by atoms with Gasteiger partial charge in [-0.25, -0.2) is 13.2 Å². The lowest BCUT2D eigenvalue weighted by Gasteiger charge is -2.24. The molecule has 0 bridgehead atoms. The average molecular weight is 471 g/mol. The van der Waals surface area contributed by atoms with E-state index in [0.717, 1.165) is 10.6 Å². The molecule has 0 aliphatic heterocycles. The molecule has 168 valence electrons. The van der Waals surface area contributed by atoms with Gasteiger partial charge in [-0.3, -0.25) is 9.10 Å². The molecule has 0 aliphatic rings. The van der Waals surface area contributed by atoms with Gasteiger partial charge in [-0.05, 0) is 37.3 Å². The molecule has 31 heavy (non-hydrogen) atoms. The van der Waals surface area contributed by atoms with E-state index in [4.69, 9.17) is 25.8 Å². The molecule has 0 aliphatic carbocycles. The Bertz CT molecular complexity index is 1070. The summed E-state index contributed by atoms with van der Waals surface area (Å²) < 4.78 is 41.0. The van der Waals surface area contributed by atoms with Gasteiger partial charge in [0, 0.05) is 11.8 Å². The van der Waals surface area contributed by atoms with Crippen LogP contribution in [0.5, 0.6) is 11.5 Å². The zero-order chi connectivity index (χ0) is 23.2. The minimum Gasteiger partial charge on any atom is -0.497 e. The van der Waals surface area contributed by atoms with Gasteiger partial charge in [-0.15, -0.1) is 0 Å². The first-order valence-corrected chi connectivity index (χ1v) is 11.3. The predicted octanol–water partition coefficient (Wildman–Crippen LogP) is 2.94. The number of nitrogens with one attached hydrogen (secondary N) is 1. The number of anilines is 2. The quantitative estimate of drug-likeness (QED) is 0.561. The van der Waals surface area contributed by atoms with E-state index in [9.17, 15) is 18.0 Å². The van der Waals surface area contributed by atoms with Gasteiger partial charge >= 0.3 is 5.97 Å². The zero-order valence-corrected chi connectivity index (χ0v) is 19.0. The summed E-state index contributed by atoms with van der Waals surface area (Å²) in [7, 11) is -1.02. The van der Waals surface area contributed by atoms with Gasteiger partial charge in [0.25, 0.3) is 0 Å². The highest BCUT2D eigenvalue weighted by Crippen LogP contribution is 2.33. The number of amides is 1. The molecule has 2 aromatic carbocycles. The third-order valence-electron chi connectivity index (χ3n) is 4.09. The summed E-state index contributed by atoms with van der Waals surface area (Å²) in [6.45, 7) is 1.34. The third kappa shape index (κ3) is 6.25. The van der Waals surface area contributed by atoms with Crippen molar-refractivity contribution in [3.8, 4) is 11.5 Å². The van der Waals surface area contributed by atoms with E-state index < -0.39 is 28.4 Å². The summed E-state index contributed by atoms with van der Waals surface area (Å²) in [5, 5.41) is 2.65. The average Bonchev–Trinajstić information content (AvgIpc) is 2.71. The van der Waals surface area contributed by atoms with Gasteiger partial charge in [0.05, 0.1) is 43.4 Å². The molecule has 11 heteroatoms. The molecular weight excluding hydrogens is 448 g/mol. The standard InChI is InChI=1S/C20H23ClN2O7S/c1-5-30-20(25)15-8-6-13(10-16(15)21)22-19(24)12-23(31(4,26)27)17-11-14(28-2)7-9-18(17)29-3/h6-11H,5,12H2,1-4H3,(H,22,24). The Morgan fingerprint density at radius 3 is 2.35 bits per heavy atom. The van der Waals surface area contributed by atoms with Crippen LogP contribution in [0, 0.1) is 0 Å². The Morgan fingerprint density at radius 2 is 1.81 bits per heavy atom. The first-order valence-electron chi connectivity index (χ1n) is 9.07. The summed E-state index contributed by atoms with van der Waals surface area (Å²) in [5.41, 5.74) is 0.588. The molecular formula is C20H23ClN2O7S. The minimum atomic E-state index is -3.85. The lowest BCUT2D eigenvalue weighted by molar-refractivity contribution is -0.114. The van der Waals surface area contributed by atoms with Crippen molar-refractivity contribution in [2.45, 2.75) is 6.92 Å². The van der Waals surface area contributed by atoms with Crippen molar-refractivity contribution < 1.29 is 32.2 Å². The maximum absolute atomic E-state index is 12.6. The normalized spacial score (nSPS) is 10.9. The molecule has 0 spiro atoms. The Labute approximate surface area is 185 Å². The first-order chi connectivity index (χ1) is 14.6. The molecule has 0 saturated heterocycles. The Balaban J connectivity index is 2.27. The SMILES string of the molecule is CCOC(=O)c1ccc(NC(=O)CN(c2cc(OC)ccc2OC)S(C)(=O)=O)cc1Cl. The second-order valence-electron chi connectivity index (χ2n) is 6.27. The number of esters is 1. The highest BCUT2D eigenvalue weighted by Gasteiger charge is 2.25. The van der Waals surface area contributed by atoms with Crippen LogP contribution in [-0.2, 0) is 19.6 Å². The maximum Gasteiger partial charge on any atom is 0.339 e. The molecule has 9 nitrogen and oxygen atoms in total. The highest BCUT2D eigenvalue weighted by molar-refractivity contribution is 7.92. The van der Waals surface area contributed by atoms with Crippen LogP contribution in [0.3, 0.4) is 0 Å². The molecule has 1 amide bonds. The Morgan fingerprint density at radius 1 is 1.10 bits per heavy atom. The van der Waals surface area contributed by atoms with Crippen molar-refractivity contribution in [1.82, 2.24) is 0 Å². The smallest absolute Gasteiger partial charge is 0.339 e. The topological polar surface area (TPSA) is 111 Å². The van der Waals surface area contributed by atoms with Crippen molar-refractivity contribution in [2.75, 3.05) is 43.2 Å². The largest absolute Gasteiger partial charge is 0.497 e. The van der Waals surface area contributed by atoms with Crippen molar-refractivity contribution in [3.63, 3.8) is 0 Å². The predicted molar refractivity (Wildman–Crippen MR) is 118 cm³/mol. The molecule has 0 fully saturated rings. The fourth-order valence-electron chi connectivity index (χ4n) is 2.67. The van der Waals surface area contributed by atoms with Crippen LogP contribution >= 0.6 is 11.6 Å². The lowest BCUT2D eigenvalue weighted by atomic mass is 10.2. The summed E-state index contributed by atoms with van der Waals surface area (Å²) in [4.78, 5) is 24.4. The number of sulfonamides is 1. The van der Waals surface area contributed by atoms with Gasteiger partial charge in [0.1, 0.15) is 18.0 Å². The van der Waals surface area contributed by atoms with E-state index in [0.29, 0.717) is 5.75 Å². The fourth-order valence-corrected chi connectivity index (χ4v) is 3.78. The molecule has 0 aromatic heterocycles. The number of ether oxygens (including phenoxy) is 3. The Hall–Kier alpha value is -2.98. The number of rotatable bonds is 9. The van der Waals surface area contributed by atoms with Crippen LogP contribution < -0.4 is 19.1 Å². The lowest BCUT2D eigenvalue weighted by Crippen LogP contribution is -2.37. The zero-order valence-electron chi connectivity index (χ0n) is 17.5. The van der Waals surface area contributed by atoms with Gasteiger partial charge in [0.2, 0.25) is 15.9 Å². The van der Waals surface area contributed by atoms with Crippen LogP contribution in [0.2, 0.25) is 5.02 Å². The summed E-state index contributed by atoms with van der Waals surface area (Å²) in [5.74, 6) is -0.568. The molecule has 0 unspecified atom stereocenters. The van der Waals surface area contributed by atoms with Crippen LogP contribution in [0.4, 0.5) is 11.4 Å². The van der Waals surface area contributed by atoms with Crippen LogP contribution in [0.15, 0.2) is 36.4 Å². The number of methoxy groups -OCH3 is 2. The van der Waals surface area contributed by atoms with Gasteiger partial charge in [-0.2, -0.15) is 0 Å². The molecule has 0 atom stereocenters.